The first-order valence-electron chi connectivity index (χ1n) is 10.5. The van der Waals surface area contributed by atoms with Crippen molar-refractivity contribution in [2.45, 2.75) is 25.7 Å². The van der Waals surface area contributed by atoms with Gasteiger partial charge in [-0.1, -0.05) is 11.6 Å². The number of halogens is 1. The number of rotatable bonds is 8. The van der Waals surface area contributed by atoms with E-state index in [0.717, 1.165) is 6.07 Å². The Morgan fingerprint density at radius 1 is 1.06 bits per heavy atom. The SMILES string of the molecule is CCOC(=O)c1c(C)[nH]c(C)c1C(=O)COC(=O)c1cc(S(=O)(=O)N2CCOCC2)ccc1Cl. The molecule has 0 aliphatic carbocycles. The van der Waals surface area contributed by atoms with Gasteiger partial charge in [-0.25, -0.2) is 18.0 Å². The van der Waals surface area contributed by atoms with Crippen LogP contribution in [0.1, 0.15) is 49.4 Å². The number of carbonyl (C=O) groups is 3. The van der Waals surface area contributed by atoms with Crippen molar-refractivity contribution < 1.29 is 37.0 Å². The monoisotopic (exact) mass is 512 g/mol. The van der Waals surface area contributed by atoms with E-state index in [9.17, 15) is 22.8 Å². The molecule has 1 saturated heterocycles. The third kappa shape index (κ3) is 5.33. The van der Waals surface area contributed by atoms with Gasteiger partial charge in [0.15, 0.2) is 6.61 Å². The Bertz CT molecular complexity index is 1220. The highest BCUT2D eigenvalue weighted by atomic mass is 35.5. The Morgan fingerprint density at radius 3 is 2.35 bits per heavy atom. The predicted octanol–water partition coefficient (Wildman–Crippen LogP) is 2.52. The van der Waals surface area contributed by atoms with Crippen molar-refractivity contribution in [2.24, 2.45) is 0 Å². The zero-order valence-electron chi connectivity index (χ0n) is 19.0. The highest BCUT2D eigenvalue weighted by Crippen LogP contribution is 2.25. The van der Waals surface area contributed by atoms with E-state index in [4.69, 9.17) is 25.8 Å². The smallest absolute Gasteiger partial charge is 0.340 e. The van der Waals surface area contributed by atoms with Crippen LogP contribution in [0.4, 0.5) is 0 Å². The maximum Gasteiger partial charge on any atom is 0.340 e. The first-order valence-corrected chi connectivity index (χ1v) is 12.3. The molecule has 1 aromatic heterocycles. The number of ether oxygens (including phenoxy) is 3. The summed E-state index contributed by atoms with van der Waals surface area (Å²) in [6.45, 7) is 5.27. The Morgan fingerprint density at radius 2 is 1.71 bits per heavy atom. The second-order valence-corrected chi connectivity index (χ2v) is 9.85. The van der Waals surface area contributed by atoms with E-state index in [0.29, 0.717) is 11.4 Å². The number of aryl methyl sites for hydroxylation is 2. The Hall–Kier alpha value is -2.73. The number of H-pyrrole nitrogens is 1. The minimum absolute atomic E-state index is 0.0285. The molecule has 10 nitrogen and oxygen atoms in total. The summed E-state index contributed by atoms with van der Waals surface area (Å²) in [6, 6.07) is 3.70. The quantitative estimate of drug-likeness (QED) is 0.421. The maximum absolute atomic E-state index is 12.9. The number of sulfonamides is 1. The van der Waals surface area contributed by atoms with Gasteiger partial charge in [0.1, 0.15) is 0 Å². The van der Waals surface area contributed by atoms with Crippen molar-refractivity contribution in [1.82, 2.24) is 9.29 Å². The first-order chi connectivity index (χ1) is 16.1. The molecule has 2 aromatic rings. The standard InChI is InChI=1S/C22H25ClN2O8S/c1-4-32-22(28)20-14(3)24-13(2)19(20)18(26)12-33-21(27)16-11-15(5-6-17(16)23)34(29,30)25-7-9-31-10-8-25/h5-6,11,24H,4,7-10,12H2,1-3H3. The normalized spacial score (nSPS) is 14.6. The van der Waals surface area contributed by atoms with Gasteiger partial charge in [-0.2, -0.15) is 4.31 Å². The molecule has 34 heavy (non-hydrogen) atoms. The summed E-state index contributed by atoms with van der Waals surface area (Å²) in [4.78, 5) is 40.6. The lowest BCUT2D eigenvalue weighted by atomic mass is 10.1. The van der Waals surface area contributed by atoms with Crippen LogP contribution < -0.4 is 0 Å². The molecule has 0 atom stereocenters. The van der Waals surface area contributed by atoms with E-state index >= 15 is 0 Å². The van der Waals surface area contributed by atoms with E-state index in [1.807, 2.05) is 0 Å². The topological polar surface area (TPSA) is 132 Å². The molecule has 1 N–H and O–H groups in total. The minimum Gasteiger partial charge on any atom is -0.462 e. The molecule has 184 valence electrons. The molecule has 0 radical (unpaired) electrons. The Labute approximate surface area is 202 Å². The molecule has 0 bridgehead atoms. The molecule has 0 spiro atoms. The fourth-order valence-corrected chi connectivity index (χ4v) is 5.26. The lowest BCUT2D eigenvalue weighted by Crippen LogP contribution is -2.40. The minimum atomic E-state index is -3.87. The lowest BCUT2D eigenvalue weighted by molar-refractivity contribution is 0.0472. The zero-order valence-corrected chi connectivity index (χ0v) is 20.5. The van der Waals surface area contributed by atoms with E-state index in [-0.39, 0.29) is 59.5 Å². The van der Waals surface area contributed by atoms with Crippen LogP contribution in [0.5, 0.6) is 0 Å². The number of Topliss-reactive ketones (excluding diaryl/α,β-unsaturated/α-hetero) is 1. The van der Waals surface area contributed by atoms with Crippen LogP contribution in [0.2, 0.25) is 5.02 Å². The molecule has 2 heterocycles. The summed E-state index contributed by atoms with van der Waals surface area (Å²) in [5, 5.41) is -0.0285. The number of benzene rings is 1. The number of morpholine rings is 1. The van der Waals surface area contributed by atoms with Crippen molar-refractivity contribution in [3.05, 3.63) is 51.3 Å². The number of carbonyl (C=O) groups excluding carboxylic acids is 3. The van der Waals surface area contributed by atoms with Gasteiger partial charge >= 0.3 is 11.9 Å². The van der Waals surface area contributed by atoms with Crippen molar-refractivity contribution in [3.8, 4) is 0 Å². The zero-order chi connectivity index (χ0) is 25.0. The number of nitrogens with one attached hydrogen (secondary N) is 1. The van der Waals surface area contributed by atoms with Gasteiger partial charge in [-0.3, -0.25) is 4.79 Å². The lowest BCUT2D eigenvalue weighted by Gasteiger charge is -2.26. The van der Waals surface area contributed by atoms with E-state index in [1.54, 1.807) is 20.8 Å². The third-order valence-electron chi connectivity index (χ3n) is 5.23. The number of aromatic nitrogens is 1. The molecule has 0 amide bonds. The fraction of sp³-hybridized carbons (Fsp3) is 0.409. The maximum atomic E-state index is 12.9. The molecule has 1 fully saturated rings. The van der Waals surface area contributed by atoms with E-state index < -0.39 is 34.4 Å². The van der Waals surface area contributed by atoms with Gasteiger partial charge in [0.2, 0.25) is 15.8 Å². The second-order valence-electron chi connectivity index (χ2n) is 7.50. The highest BCUT2D eigenvalue weighted by molar-refractivity contribution is 7.89. The van der Waals surface area contributed by atoms with Crippen molar-refractivity contribution in [2.75, 3.05) is 39.5 Å². The third-order valence-corrected chi connectivity index (χ3v) is 7.46. The van der Waals surface area contributed by atoms with Crippen LogP contribution in [0.15, 0.2) is 23.1 Å². The van der Waals surface area contributed by atoms with Crippen LogP contribution in [-0.4, -0.2) is 74.9 Å². The number of ketones is 1. The molecular formula is C22H25ClN2O8S. The highest BCUT2D eigenvalue weighted by Gasteiger charge is 2.29. The fourth-order valence-electron chi connectivity index (χ4n) is 3.63. The van der Waals surface area contributed by atoms with Gasteiger partial charge in [0.25, 0.3) is 0 Å². The molecule has 0 unspecified atom stereocenters. The first kappa shape index (κ1) is 25.9. The molecule has 1 aliphatic rings. The molecule has 12 heteroatoms. The largest absolute Gasteiger partial charge is 0.462 e. The van der Waals surface area contributed by atoms with Crippen molar-refractivity contribution >= 4 is 39.3 Å². The molecule has 1 aromatic carbocycles. The van der Waals surface area contributed by atoms with Crippen LogP contribution in [-0.2, 0) is 24.2 Å². The van der Waals surface area contributed by atoms with Crippen LogP contribution in [0.25, 0.3) is 0 Å². The van der Waals surface area contributed by atoms with Crippen molar-refractivity contribution in [3.63, 3.8) is 0 Å². The number of esters is 2. The molecule has 3 rings (SSSR count). The summed E-state index contributed by atoms with van der Waals surface area (Å²) in [7, 11) is -3.87. The number of nitrogens with zero attached hydrogens (tertiary/aromatic N) is 1. The van der Waals surface area contributed by atoms with Gasteiger partial charge in [-0.15, -0.1) is 0 Å². The van der Waals surface area contributed by atoms with Crippen LogP contribution in [0.3, 0.4) is 0 Å². The summed E-state index contributed by atoms with van der Waals surface area (Å²) < 4.78 is 42.4. The predicted molar refractivity (Wildman–Crippen MR) is 122 cm³/mol. The van der Waals surface area contributed by atoms with Gasteiger partial charge in [0, 0.05) is 24.5 Å². The number of hydrogen-bond donors (Lipinski definition) is 1. The number of hydrogen-bond acceptors (Lipinski definition) is 8. The Balaban J connectivity index is 1.79. The van der Waals surface area contributed by atoms with Crippen LogP contribution in [0, 0.1) is 13.8 Å². The summed E-state index contributed by atoms with van der Waals surface area (Å²) >= 11 is 6.11. The van der Waals surface area contributed by atoms with Gasteiger partial charge in [-0.05, 0) is 39.0 Å². The molecule has 0 saturated carbocycles. The van der Waals surface area contributed by atoms with E-state index in [1.165, 1.54) is 16.4 Å². The summed E-state index contributed by atoms with van der Waals surface area (Å²) in [5.41, 5.74) is 0.833. The van der Waals surface area contributed by atoms with Crippen LogP contribution >= 0.6 is 11.6 Å². The summed E-state index contributed by atoms with van der Waals surface area (Å²) in [6.07, 6.45) is 0. The number of aromatic amines is 1. The second kappa shape index (κ2) is 10.7. The average molecular weight is 513 g/mol. The summed E-state index contributed by atoms with van der Waals surface area (Å²) in [5.74, 6) is -2.26. The molecular weight excluding hydrogens is 488 g/mol. The van der Waals surface area contributed by atoms with Crippen molar-refractivity contribution in [1.29, 1.82) is 0 Å². The van der Waals surface area contributed by atoms with E-state index in [2.05, 4.69) is 4.98 Å². The Kier molecular flexibility index (Phi) is 8.13. The molecule has 1 aliphatic heterocycles. The average Bonchev–Trinajstić information content (AvgIpc) is 3.11. The van der Waals surface area contributed by atoms with Gasteiger partial charge < -0.3 is 19.2 Å². The van der Waals surface area contributed by atoms with Gasteiger partial charge in [0.05, 0.1) is 46.4 Å².